The van der Waals surface area contributed by atoms with Crippen molar-refractivity contribution in [1.29, 1.82) is 0 Å². The highest BCUT2D eigenvalue weighted by Gasteiger charge is 1.75. The van der Waals surface area contributed by atoms with Gasteiger partial charge in [-0.1, -0.05) is 0 Å². The van der Waals surface area contributed by atoms with Crippen molar-refractivity contribution in [2.24, 2.45) is 0 Å². The Labute approximate surface area is 35.7 Å². The molecule has 0 atom stereocenters. The van der Waals surface area contributed by atoms with E-state index in [-0.39, 0.29) is 0 Å². The number of hydrogen-bond donors (Lipinski definition) is 2. The van der Waals surface area contributed by atoms with Crippen LogP contribution in [0.5, 0.6) is 0 Å². The lowest BCUT2D eigenvalue weighted by Gasteiger charge is -1.76. The molecule has 0 fully saturated rings. The highest BCUT2D eigenvalue weighted by molar-refractivity contribution is 6.46. The molecule has 32 valence electrons. The van der Waals surface area contributed by atoms with E-state index in [2.05, 4.69) is 0 Å². The first-order chi connectivity index (χ1) is 2.41. The molecule has 0 rings (SSSR count). The zero-order valence-corrected chi connectivity index (χ0v) is 5.84. The van der Waals surface area contributed by atoms with E-state index in [1.165, 1.54) is 0 Å². The van der Waals surface area contributed by atoms with Crippen LogP contribution >= 0.6 is 0 Å². The zero-order chi connectivity index (χ0) is 4.12. The summed E-state index contributed by atoms with van der Waals surface area (Å²) < 4.78 is 0. The summed E-state index contributed by atoms with van der Waals surface area (Å²) in [4.78, 5) is 16.2. The molecule has 0 aliphatic carbocycles. The van der Waals surface area contributed by atoms with Crippen LogP contribution in [0.3, 0.4) is 0 Å². The van der Waals surface area contributed by atoms with E-state index in [1.807, 2.05) is 0 Å². The minimum absolute atomic E-state index is 0.774. The van der Waals surface area contributed by atoms with Crippen LogP contribution in [-0.2, 0) is 0 Å². The van der Waals surface area contributed by atoms with Crippen LogP contribution in [-0.4, -0.2) is 29.1 Å². The van der Waals surface area contributed by atoms with Gasteiger partial charge in [0.05, 0.1) is 0 Å². The molecule has 0 aromatic rings. The molecule has 0 aliphatic rings. The second kappa shape index (κ2) is 4.35. The average Bonchev–Trinajstić information content (AvgIpc) is 1.41. The highest BCUT2D eigenvalue weighted by atomic mass is 28.3. The fraction of sp³-hybridized carbons (Fsp3) is 1.00. The summed E-state index contributed by atoms with van der Waals surface area (Å²) in [6.07, 6.45) is 0. The molecule has 0 amide bonds. The Balaban J connectivity index is 2.19. The van der Waals surface area contributed by atoms with Gasteiger partial charge in [-0.3, -0.25) is 0 Å². The average molecular weight is 108 g/mol. The van der Waals surface area contributed by atoms with Crippen LogP contribution in [0, 0.1) is 0 Å². The Morgan fingerprint density at radius 2 is 1.60 bits per heavy atom. The first-order valence-corrected chi connectivity index (χ1v) is 4.90. The molecule has 0 saturated heterocycles. The third-order valence-corrected chi connectivity index (χ3v) is 2.85. The minimum Gasteiger partial charge on any atom is -0.438 e. The molecule has 5 heavy (non-hydrogen) atoms. The van der Waals surface area contributed by atoms with Crippen molar-refractivity contribution in [3.8, 4) is 0 Å². The molecule has 0 aromatic heterocycles. The predicted octanol–water partition coefficient (Wildman–Crippen LogP) is -2.49. The standard InChI is InChI=1S/CH8O2Si2/c2-4-1-5-3/h2-3H,1,4-5H2. The van der Waals surface area contributed by atoms with E-state index in [4.69, 9.17) is 9.59 Å². The molecule has 4 heteroatoms. The molecule has 0 heterocycles. The number of hydrogen-bond acceptors (Lipinski definition) is 2. The second-order valence-corrected chi connectivity index (χ2v) is 4.52. The molecule has 0 radical (unpaired) electrons. The number of rotatable bonds is 2. The van der Waals surface area contributed by atoms with E-state index in [1.54, 1.807) is 0 Å². The fourth-order valence-electron chi connectivity index (χ4n) is 0.0707. The summed E-state index contributed by atoms with van der Waals surface area (Å²) in [6, 6.07) is 0. The van der Waals surface area contributed by atoms with Crippen LogP contribution < -0.4 is 0 Å². The van der Waals surface area contributed by atoms with Crippen LogP contribution in [0.15, 0.2) is 0 Å². The lowest BCUT2D eigenvalue weighted by atomic mass is 11.9. The van der Waals surface area contributed by atoms with Crippen molar-refractivity contribution >= 4 is 19.5 Å². The van der Waals surface area contributed by atoms with Gasteiger partial charge in [0.2, 0.25) is 0 Å². The molecular formula is CH8O2Si2. The van der Waals surface area contributed by atoms with Crippen molar-refractivity contribution < 1.29 is 9.59 Å². The first kappa shape index (κ1) is 5.35. The molecular weight excluding hydrogens is 100 g/mol. The normalized spacial score (nSPS) is 13.2. The Morgan fingerprint density at radius 1 is 1.20 bits per heavy atom. The van der Waals surface area contributed by atoms with Gasteiger partial charge in [-0.25, -0.2) is 0 Å². The molecule has 2 N–H and O–H groups in total. The van der Waals surface area contributed by atoms with Crippen LogP contribution in [0.1, 0.15) is 0 Å². The van der Waals surface area contributed by atoms with Gasteiger partial charge in [-0.05, 0) is 5.67 Å². The van der Waals surface area contributed by atoms with Crippen molar-refractivity contribution in [1.82, 2.24) is 0 Å². The lowest BCUT2D eigenvalue weighted by molar-refractivity contribution is 0.588. The molecule has 0 aromatic carbocycles. The third-order valence-electron chi connectivity index (χ3n) is 0.316. The van der Waals surface area contributed by atoms with Gasteiger partial charge in [-0.15, -0.1) is 0 Å². The summed E-state index contributed by atoms with van der Waals surface area (Å²) in [6.45, 7) is 0. The van der Waals surface area contributed by atoms with E-state index < -0.39 is 19.5 Å². The minimum atomic E-state index is -0.774. The van der Waals surface area contributed by atoms with Crippen LogP contribution in [0.4, 0.5) is 0 Å². The Morgan fingerprint density at radius 3 is 1.60 bits per heavy atom. The van der Waals surface area contributed by atoms with Crippen molar-refractivity contribution in [3.63, 3.8) is 0 Å². The van der Waals surface area contributed by atoms with E-state index in [0.29, 0.717) is 0 Å². The SMILES string of the molecule is O[SiH2]C[SiH2]O. The van der Waals surface area contributed by atoms with Gasteiger partial charge in [-0.2, -0.15) is 0 Å². The highest BCUT2D eigenvalue weighted by Crippen LogP contribution is 1.60. The Hall–Kier alpha value is 0.354. The molecule has 0 saturated carbocycles. The first-order valence-electron chi connectivity index (χ1n) is 1.63. The van der Waals surface area contributed by atoms with Gasteiger partial charge < -0.3 is 9.59 Å². The zero-order valence-electron chi connectivity index (χ0n) is 3.02. The van der Waals surface area contributed by atoms with Gasteiger partial charge in [0.15, 0.2) is 19.5 Å². The summed E-state index contributed by atoms with van der Waals surface area (Å²) in [7, 11) is -1.55. The molecule has 0 unspecified atom stereocenters. The maximum Gasteiger partial charge on any atom is 0.155 e. The fourth-order valence-corrected chi connectivity index (χ4v) is 0.636. The summed E-state index contributed by atoms with van der Waals surface area (Å²) in [5.74, 6) is 0. The van der Waals surface area contributed by atoms with Gasteiger partial charge in [0.25, 0.3) is 0 Å². The smallest absolute Gasteiger partial charge is 0.155 e. The van der Waals surface area contributed by atoms with E-state index in [9.17, 15) is 0 Å². The lowest BCUT2D eigenvalue weighted by Crippen LogP contribution is -1.93. The summed E-state index contributed by atoms with van der Waals surface area (Å²) in [5, 5.41) is 0. The summed E-state index contributed by atoms with van der Waals surface area (Å²) >= 11 is 0. The monoisotopic (exact) mass is 108 g/mol. The van der Waals surface area contributed by atoms with E-state index >= 15 is 0 Å². The third kappa shape index (κ3) is 4.35. The second-order valence-electron chi connectivity index (χ2n) is 0.801. The molecule has 2 nitrogen and oxygen atoms in total. The quantitative estimate of drug-likeness (QED) is 0.384. The summed E-state index contributed by atoms with van der Waals surface area (Å²) in [5.41, 5.74) is 0.778. The molecule has 0 aliphatic heterocycles. The van der Waals surface area contributed by atoms with Crippen LogP contribution in [0.2, 0.25) is 5.67 Å². The van der Waals surface area contributed by atoms with Gasteiger partial charge in [0, 0.05) is 0 Å². The largest absolute Gasteiger partial charge is 0.438 e. The maximum absolute atomic E-state index is 8.08. The Kier molecular flexibility index (Phi) is 4.66. The topological polar surface area (TPSA) is 40.5 Å². The van der Waals surface area contributed by atoms with Crippen molar-refractivity contribution in [3.05, 3.63) is 0 Å². The van der Waals surface area contributed by atoms with Crippen LogP contribution in [0.25, 0.3) is 0 Å². The van der Waals surface area contributed by atoms with Crippen molar-refractivity contribution in [2.45, 2.75) is 5.67 Å². The van der Waals surface area contributed by atoms with Crippen molar-refractivity contribution in [2.75, 3.05) is 0 Å². The molecule has 0 bridgehead atoms. The Bertz CT molecular complexity index is 15.1. The van der Waals surface area contributed by atoms with Gasteiger partial charge in [0.1, 0.15) is 0 Å². The predicted molar refractivity (Wildman–Crippen MR) is 26.3 cm³/mol. The van der Waals surface area contributed by atoms with E-state index in [0.717, 1.165) is 5.67 Å². The van der Waals surface area contributed by atoms with Gasteiger partial charge >= 0.3 is 0 Å². The molecule has 0 spiro atoms. The maximum atomic E-state index is 8.08.